The number of fused-ring (bicyclic) bond motifs is 2. The molecule has 0 amide bonds. The molecule has 0 radical (unpaired) electrons. The molecular weight excluding hydrogens is 320 g/mol. The number of aromatic nitrogens is 4. The zero-order valence-electron chi connectivity index (χ0n) is 14.3. The van der Waals surface area contributed by atoms with Crippen molar-refractivity contribution in [3.63, 3.8) is 0 Å². The van der Waals surface area contributed by atoms with Gasteiger partial charge < -0.3 is 0 Å². The van der Waals surface area contributed by atoms with Gasteiger partial charge in [0, 0.05) is 5.56 Å². The van der Waals surface area contributed by atoms with Gasteiger partial charge in [-0.25, -0.2) is 14.6 Å². The summed E-state index contributed by atoms with van der Waals surface area (Å²) in [6.07, 6.45) is 0. The summed E-state index contributed by atoms with van der Waals surface area (Å²) >= 11 is 0. The third-order valence-corrected chi connectivity index (χ3v) is 4.47. The second kappa shape index (κ2) is 5.77. The molecule has 0 fully saturated rings. The largest absolute Gasteiger partial charge is 0.240 e. The van der Waals surface area contributed by atoms with E-state index in [1.807, 2.05) is 59.3 Å². The summed E-state index contributed by atoms with van der Waals surface area (Å²) in [4.78, 5) is 9.79. The Morgan fingerprint density at radius 1 is 0.731 bits per heavy atom. The number of benzene rings is 3. The molecule has 0 aliphatic carbocycles. The highest BCUT2D eigenvalue weighted by atomic mass is 15.3. The molecule has 0 saturated heterocycles. The van der Waals surface area contributed by atoms with Crippen LogP contribution in [0.25, 0.3) is 39.1 Å². The molecule has 0 aliphatic heterocycles. The van der Waals surface area contributed by atoms with Crippen LogP contribution in [0.1, 0.15) is 5.56 Å². The Hall–Kier alpha value is -3.53. The molecule has 0 unspecified atom stereocenters. The Morgan fingerprint density at radius 3 is 2.23 bits per heavy atom. The molecule has 124 valence electrons. The summed E-state index contributed by atoms with van der Waals surface area (Å²) in [7, 11) is 0. The topological polar surface area (TPSA) is 43.6 Å². The summed E-state index contributed by atoms with van der Waals surface area (Å²) < 4.78 is 1.88. The standard InChI is InChI=1S/C22H16N4/c1-15-12-13-18-19(14-15)23-21-20(16-8-4-2-5-9-16)25-26(22(21)24-18)17-10-6-3-7-11-17/h2-14H,1H3. The van der Waals surface area contributed by atoms with E-state index in [0.29, 0.717) is 0 Å². The van der Waals surface area contributed by atoms with Gasteiger partial charge in [0.15, 0.2) is 5.65 Å². The summed E-state index contributed by atoms with van der Waals surface area (Å²) in [6, 6.07) is 26.3. The highest BCUT2D eigenvalue weighted by Crippen LogP contribution is 2.29. The lowest BCUT2D eigenvalue weighted by Crippen LogP contribution is -1.98. The highest BCUT2D eigenvalue weighted by Gasteiger charge is 2.17. The third kappa shape index (κ3) is 2.35. The minimum absolute atomic E-state index is 0.770. The van der Waals surface area contributed by atoms with E-state index >= 15 is 0 Å². The van der Waals surface area contributed by atoms with Crippen LogP contribution in [-0.2, 0) is 0 Å². The Kier molecular flexibility index (Phi) is 3.28. The minimum Gasteiger partial charge on any atom is -0.240 e. The highest BCUT2D eigenvalue weighted by molar-refractivity contribution is 5.94. The fourth-order valence-electron chi connectivity index (χ4n) is 3.20. The normalized spacial score (nSPS) is 11.3. The van der Waals surface area contributed by atoms with E-state index in [9.17, 15) is 0 Å². The van der Waals surface area contributed by atoms with Crippen LogP contribution in [-0.4, -0.2) is 19.7 Å². The Morgan fingerprint density at radius 2 is 1.46 bits per heavy atom. The number of hydrogen-bond acceptors (Lipinski definition) is 3. The van der Waals surface area contributed by atoms with Crippen molar-refractivity contribution in [1.82, 2.24) is 19.7 Å². The number of rotatable bonds is 2. The summed E-state index contributed by atoms with van der Waals surface area (Å²) in [6.45, 7) is 2.07. The van der Waals surface area contributed by atoms with Crippen LogP contribution in [0.5, 0.6) is 0 Å². The zero-order valence-corrected chi connectivity index (χ0v) is 14.3. The lowest BCUT2D eigenvalue weighted by atomic mass is 10.1. The number of para-hydroxylation sites is 1. The van der Waals surface area contributed by atoms with Crippen LogP contribution >= 0.6 is 0 Å². The molecule has 26 heavy (non-hydrogen) atoms. The predicted octanol–water partition coefficient (Wildman–Crippen LogP) is 4.94. The van der Waals surface area contributed by atoms with Crippen LogP contribution < -0.4 is 0 Å². The van der Waals surface area contributed by atoms with Crippen molar-refractivity contribution in [2.45, 2.75) is 6.92 Å². The molecule has 0 spiro atoms. The zero-order chi connectivity index (χ0) is 17.5. The minimum atomic E-state index is 0.770. The molecule has 0 aliphatic rings. The van der Waals surface area contributed by atoms with Crippen LogP contribution in [0, 0.1) is 6.92 Å². The second-order valence-corrected chi connectivity index (χ2v) is 6.35. The van der Waals surface area contributed by atoms with Crippen LogP contribution in [0.4, 0.5) is 0 Å². The number of nitrogens with zero attached hydrogens (tertiary/aromatic N) is 4. The van der Waals surface area contributed by atoms with Gasteiger partial charge >= 0.3 is 0 Å². The molecule has 5 aromatic rings. The first-order valence-corrected chi connectivity index (χ1v) is 8.57. The SMILES string of the molecule is Cc1ccc2nc3c(nc2c1)c(-c1ccccc1)nn3-c1ccccc1. The Balaban J connectivity index is 1.89. The lowest BCUT2D eigenvalue weighted by Gasteiger charge is -2.03. The van der Waals surface area contributed by atoms with Crippen LogP contribution in [0.3, 0.4) is 0 Å². The van der Waals surface area contributed by atoms with Crippen molar-refractivity contribution in [3.8, 4) is 16.9 Å². The average molecular weight is 336 g/mol. The molecule has 4 nitrogen and oxygen atoms in total. The predicted molar refractivity (Wildman–Crippen MR) is 104 cm³/mol. The molecule has 0 bridgehead atoms. The van der Waals surface area contributed by atoms with Gasteiger partial charge in [-0.2, -0.15) is 5.10 Å². The maximum absolute atomic E-state index is 4.92. The van der Waals surface area contributed by atoms with Gasteiger partial charge in [-0.1, -0.05) is 54.6 Å². The van der Waals surface area contributed by atoms with Crippen LogP contribution in [0.15, 0.2) is 78.9 Å². The Bertz CT molecular complexity index is 1220. The maximum Gasteiger partial charge on any atom is 0.182 e. The fraction of sp³-hybridized carbons (Fsp3) is 0.0455. The third-order valence-electron chi connectivity index (χ3n) is 4.47. The number of hydrogen-bond donors (Lipinski definition) is 0. The monoisotopic (exact) mass is 336 g/mol. The molecule has 0 N–H and O–H groups in total. The molecule has 2 heterocycles. The van der Waals surface area contributed by atoms with Gasteiger partial charge in [0.1, 0.15) is 11.2 Å². The van der Waals surface area contributed by atoms with Gasteiger partial charge in [0.25, 0.3) is 0 Å². The molecule has 2 aromatic heterocycles. The summed E-state index contributed by atoms with van der Waals surface area (Å²) in [5.74, 6) is 0. The van der Waals surface area contributed by atoms with E-state index in [-0.39, 0.29) is 0 Å². The van der Waals surface area contributed by atoms with E-state index in [1.165, 1.54) is 5.56 Å². The van der Waals surface area contributed by atoms with E-state index in [1.54, 1.807) is 0 Å². The average Bonchev–Trinajstić information content (AvgIpc) is 3.06. The van der Waals surface area contributed by atoms with E-state index in [2.05, 4.69) is 31.2 Å². The molecule has 0 atom stereocenters. The van der Waals surface area contributed by atoms with E-state index < -0.39 is 0 Å². The molecule has 3 aromatic carbocycles. The van der Waals surface area contributed by atoms with Crippen molar-refractivity contribution < 1.29 is 0 Å². The summed E-state index contributed by atoms with van der Waals surface area (Å²) in [5, 5.41) is 4.87. The smallest absolute Gasteiger partial charge is 0.182 e. The Labute approximate surface area is 150 Å². The van der Waals surface area contributed by atoms with Crippen molar-refractivity contribution in [3.05, 3.63) is 84.4 Å². The van der Waals surface area contributed by atoms with Gasteiger partial charge in [-0.15, -0.1) is 0 Å². The van der Waals surface area contributed by atoms with Crippen molar-refractivity contribution in [2.24, 2.45) is 0 Å². The van der Waals surface area contributed by atoms with Crippen LogP contribution in [0.2, 0.25) is 0 Å². The van der Waals surface area contributed by atoms with E-state index in [0.717, 1.165) is 39.1 Å². The lowest BCUT2D eigenvalue weighted by molar-refractivity contribution is 0.903. The van der Waals surface area contributed by atoms with Crippen molar-refractivity contribution >= 4 is 22.2 Å². The second-order valence-electron chi connectivity index (χ2n) is 6.35. The first-order chi connectivity index (χ1) is 12.8. The number of aryl methyl sites for hydroxylation is 1. The van der Waals surface area contributed by atoms with Gasteiger partial charge in [0.2, 0.25) is 0 Å². The summed E-state index contributed by atoms with van der Waals surface area (Å²) in [5.41, 5.74) is 7.38. The van der Waals surface area contributed by atoms with Gasteiger partial charge in [0.05, 0.1) is 16.7 Å². The van der Waals surface area contributed by atoms with Gasteiger partial charge in [-0.3, -0.25) is 0 Å². The molecular formula is C22H16N4. The van der Waals surface area contributed by atoms with Gasteiger partial charge in [-0.05, 0) is 36.8 Å². The molecule has 5 rings (SSSR count). The molecule has 4 heteroatoms. The van der Waals surface area contributed by atoms with E-state index in [4.69, 9.17) is 15.1 Å². The van der Waals surface area contributed by atoms with Crippen molar-refractivity contribution in [1.29, 1.82) is 0 Å². The van der Waals surface area contributed by atoms with Crippen molar-refractivity contribution in [2.75, 3.05) is 0 Å². The fourth-order valence-corrected chi connectivity index (χ4v) is 3.20. The first kappa shape index (κ1) is 14.8. The first-order valence-electron chi connectivity index (χ1n) is 8.57. The quantitative estimate of drug-likeness (QED) is 0.458. The maximum atomic E-state index is 4.92. The molecule has 0 saturated carbocycles.